The molecule has 0 saturated heterocycles. The summed E-state index contributed by atoms with van der Waals surface area (Å²) < 4.78 is 0. The van der Waals surface area contributed by atoms with E-state index in [0.29, 0.717) is 0 Å². The molecule has 44 valence electrons. The van der Waals surface area contributed by atoms with Gasteiger partial charge < -0.3 is 5.32 Å². The van der Waals surface area contributed by atoms with Crippen LogP contribution < -0.4 is 5.32 Å². The van der Waals surface area contributed by atoms with Crippen LogP contribution in [0.5, 0.6) is 0 Å². The van der Waals surface area contributed by atoms with Crippen LogP contribution in [0.3, 0.4) is 0 Å². The quantitative estimate of drug-likeness (QED) is 0.583. The minimum absolute atomic E-state index is 1.15. The molecule has 0 aliphatic carbocycles. The Balaban J connectivity index is 2.45. The lowest BCUT2D eigenvalue weighted by molar-refractivity contribution is 0.779. The molecule has 0 unspecified atom stereocenters. The summed E-state index contributed by atoms with van der Waals surface area (Å²) in [5, 5.41) is 3.09. The van der Waals surface area contributed by atoms with Gasteiger partial charge in [-0.15, -0.1) is 0 Å². The van der Waals surface area contributed by atoms with E-state index in [4.69, 9.17) is 0 Å². The first-order valence-electron chi connectivity index (χ1n) is 2.30. The minimum atomic E-state index is 1.15. The van der Waals surface area contributed by atoms with Crippen LogP contribution in [0, 0.1) is 0 Å². The summed E-state index contributed by atoms with van der Waals surface area (Å²) in [5.41, 5.74) is 0. The smallest absolute Gasteiger partial charge is 0.00455 e. The highest BCUT2D eigenvalue weighted by Gasteiger charge is 1.80. The molecule has 3 heteroatoms. The van der Waals surface area contributed by atoms with E-state index in [1.54, 1.807) is 0 Å². The standard InChI is InChI=1S/C4H10INS/c1-6-3-2-4-7-5/h6H,2-4H2,1H3. The highest BCUT2D eigenvalue weighted by atomic mass is 127. The maximum Gasteiger partial charge on any atom is 0.00455 e. The molecular formula is C4H10INS. The number of nitrogens with one attached hydrogen (secondary N) is 1. The van der Waals surface area contributed by atoms with E-state index in [0.717, 1.165) is 6.54 Å². The van der Waals surface area contributed by atoms with Crippen LogP contribution in [-0.4, -0.2) is 19.3 Å². The van der Waals surface area contributed by atoms with Crippen LogP contribution in [0.1, 0.15) is 6.42 Å². The fraction of sp³-hybridized carbons (Fsp3) is 1.00. The van der Waals surface area contributed by atoms with Crippen LogP contribution in [0.15, 0.2) is 0 Å². The molecule has 0 heterocycles. The second kappa shape index (κ2) is 7.04. The maximum atomic E-state index is 3.09. The van der Waals surface area contributed by atoms with Crippen molar-refractivity contribution in [3.8, 4) is 0 Å². The second-order valence-electron chi connectivity index (χ2n) is 1.27. The molecule has 0 fully saturated rings. The van der Waals surface area contributed by atoms with Crippen molar-refractivity contribution in [2.75, 3.05) is 19.3 Å². The van der Waals surface area contributed by atoms with Crippen molar-refractivity contribution in [2.45, 2.75) is 6.42 Å². The summed E-state index contributed by atoms with van der Waals surface area (Å²) in [4.78, 5) is 0. The highest BCUT2D eigenvalue weighted by molar-refractivity contribution is 14.2. The molecule has 0 spiro atoms. The van der Waals surface area contributed by atoms with Gasteiger partial charge in [0, 0.05) is 5.75 Å². The third kappa shape index (κ3) is 7.04. The Hall–Kier alpha value is 1.04. The van der Waals surface area contributed by atoms with Crippen molar-refractivity contribution in [1.29, 1.82) is 0 Å². The number of hydrogen-bond acceptors (Lipinski definition) is 2. The van der Waals surface area contributed by atoms with Gasteiger partial charge in [-0.1, -0.05) is 8.93 Å². The van der Waals surface area contributed by atoms with Crippen LogP contribution in [-0.2, 0) is 0 Å². The van der Waals surface area contributed by atoms with E-state index in [2.05, 4.69) is 26.5 Å². The summed E-state index contributed by atoms with van der Waals surface area (Å²) in [6, 6.07) is 0. The fourth-order valence-electron chi connectivity index (χ4n) is 0.303. The molecule has 0 aromatic heterocycles. The topological polar surface area (TPSA) is 12.0 Å². The fourth-order valence-corrected chi connectivity index (χ4v) is 1.49. The Morgan fingerprint density at radius 2 is 2.43 bits per heavy atom. The Morgan fingerprint density at radius 3 is 2.86 bits per heavy atom. The minimum Gasteiger partial charge on any atom is -0.320 e. The van der Waals surface area contributed by atoms with Crippen molar-refractivity contribution in [3.05, 3.63) is 0 Å². The van der Waals surface area contributed by atoms with Crippen molar-refractivity contribution >= 4 is 30.1 Å². The Morgan fingerprint density at radius 1 is 1.71 bits per heavy atom. The maximum absolute atomic E-state index is 3.09. The average molecular weight is 231 g/mol. The van der Waals surface area contributed by atoms with E-state index < -0.39 is 0 Å². The van der Waals surface area contributed by atoms with Crippen molar-refractivity contribution in [1.82, 2.24) is 5.32 Å². The molecule has 0 atom stereocenters. The molecule has 0 aromatic carbocycles. The zero-order chi connectivity index (χ0) is 5.54. The van der Waals surface area contributed by atoms with E-state index in [-0.39, 0.29) is 0 Å². The number of rotatable bonds is 4. The molecule has 0 saturated carbocycles. The highest BCUT2D eigenvalue weighted by Crippen LogP contribution is 2.10. The van der Waals surface area contributed by atoms with Crippen molar-refractivity contribution in [3.63, 3.8) is 0 Å². The third-order valence-corrected chi connectivity index (χ3v) is 2.41. The Bertz CT molecular complexity index is 30.9. The monoisotopic (exact) mass is 231 g/mol. The predicted octanol–water partition coefficient (Wildman–Crippen LogP) is 1.68. The second-order valence-corrected chi connectivity index (χ2v) is 3.77. The summed E-state index contributed by atoms with van der Waals surface area (Å²) in [5.74, 6) is 1.27. The first-order chi connectivity index (χ1) is 3.41. The van der Waals surface area contributed by atoms with Gasteiger partial charge in [0.2, 0.25) is 0 Å². The third-order valence-electron chi connectivity index (χ3n) is 0.648. The lowest BCUT2D eigenvalue weighted by atomic mass is 10.5. The molecule has 1 N–H and O–H groups in total. The normalized spacial score (nSPS) is 9.43. The van der Waals surface area contributed by atoms with Crippen molar-refractivity contribution < 1.29 is 0 Å². The van der Waals surface area contributed by atoms with Gasteiger partial charge in [0.05, 0.1) is 0 Å². The Labute approximate surface area is 61.2 Å². The van der Waals surface area contributed by atoms with E-state index in [1.807, 2.05) is 16.0 Å². The van der Waals surface area contributed by atoms with E-state index in [9.17, 15) is 0 Å². The van der Waals surface area contributed by atoms with Gasteiger partial charge in [0.15, 0.2) is 0 Å². The lowest BCUT2D eigenvalue weighted by Gasteiger charge is -1.92. The molecule has 0 aliphatic rings. The van der Waals surface area contributed by atoms with Crippen LogP contribution in [0.25, 0.3) is 0 Å². The van der Waals surface area contributed by atoms with Gasteiger partial charge in [-0.2, -0.15) is 0 Å². The van der Waals surface area contributed by atoms with Crippen molar-refractivity contribution in [2.24, 2.45) is 0 Å². The van der Waals surface area contributed by atoms with Gasteiger partial charge in [0.1, 0.15) is 0 Å². The van der Waals surface area contributed by atoms with Crippen LogP contribution in [0.4, 0.5) is 0 Å². The lowest BCUT2D eigenvalue weighted by Crippen LogP contribution is -2.07. The first-order valence-corrected chi connectivity index (χ1v) is 5.82. The van der Waals surface area contributed by atoms with Gasteiger partial charge >= 0.3 is 0 Å². The molecule has 0 radical (unpaired) electrons. The van der Waals surface area contributed by atoms with Crippen LogP contribution >= 0.6 is 30.1 Å². The van der Waals surface area contributed by atoms with Gasteiger partial charge in [0.25, 0.3) is 0 Å². The van der Waals surface area contributed by atoms with E-state index in [1.165, 1.54) is 12.2 Å². The largest absolute Gasteiger partial charge is 0.320 e. The van der Waals surface area contributed by atoms with Gasteiger partial charge in [-0.3, -0.25) is 0 Å². The van der Waals surface area contributed by atoms with Gasteiger partial charge in [-0.25, -0.2) is 0 Å². The molecule has 1 nitrogen and oxygen atoms in total. The zero-order valence-electron chi connectivity index (χ0n) is 4.41. The molecule has 0 aliphatic heterocycles. The SMILES string of the molecule is CNCCCSI. The molecule has 0 amide bonds. The molecule has 0 bridgehead atoms. The summed E-state index contributed by atoms with van der Waals surface area (Å²) in [7, 11) is 3.86. The van der Waals surface area contributed by atoms with Crippen LogP contribution in [0.2, 0.25) is 0 Å². The summed E-state index contributed by atoms with van der Waals surface area (Å²) in [6.07, 6.45) is 1.28. The van der Waals surface area contributed by atoms with E-state index >= 15 is 0 Å². The molecule has 7 heavy (non-hydrogen) atoms. The zero-order valence-corrected chi connectivity index (χ0v) is 7.38. The summed E-state index contributed by atoms with van der Waals surface area (Å²) >= 11 is 2.32. The number of halogens is 1. The first kappa shape index (κ1) is 8.04. The molecular weight excluding hydrogens is 221 g/mol. The molecule has 0 aromatic rings. The average Bonchev–Trinajstić information content (AvgIpc) is 1.69. The molecule has 0 rings (SSSR count). The predicted molar refractivity (Wildman–Crippen MR) is 45.0 cm³/mol. The van der Waals surface area contributed by atoms with Gasteiger partial charge in [-0.05, 0) is 41.2 Å². The Kier molecular flexibility index (Phi) is 8.09. The number of hydrogen-bond donors (Lipinski definition) is 1. The summed E-state index contributed by atoms with van der Waals surface area (Å²) in [6.45, 7) is 1.15.